The van der Waals surface area contributed by atoms with Gasteiger partial charge in [-0.15, -0.1) is 0 Å². The van der Waals surface area contributed by atoms with Crippen molar-refractivity contribution in [3.8, 4) is 5.75 Å². The van der Waals surface area contributed by atoms with Crippen LogP contribution in [0.25, 0.3) is 0 Å². The molecule has 0 saturated carbocycles. The van der Waals surface area contributed by atoms with E-state index in [4.69, 9.17) is 0 Å². The fraction of sp³-hybridized carbons (Fsp3) is 0.619. The van der Waals surface area contributed by atoms with Crippen molar-refractivity contribution in [3.05, 3.63) is 29.8 Å². The molecule has 0 bridgehead atoms. The molecule has 3 rings (SSSR count). The first kappa shape index (κ1) is 19.7. The minimum absolute atomic E-state index is 0.0180. The Hall–Kier alpha value is -2.08. The Morgan fingerprint density at radius 3 is 2.48 bits per heavy atom. The fourth-order valence-electron chi connectivity index (χ4n) is 4.13. The van der Waals surface area contributed by atoms with E-state index in [2.05, 4.69) is 17.1 Å². The van der Waals surface area contributed by atoms with Crippen molar-refractivity contribution in [2.24, 2.45) is 11.8 Å². The van der Waals surface area contributed by atoms with Gasteiger partial charge >= 0.3 is 6.03 Å². The van der Waals surface area contributed by atoms with Gasteiger partial charge in [-0.05, 0) is 62.4 Å². The molecule has 2 fully saturated rings. The van der Waals surface area contributed by atoms with Crippen LogP contribution in [0.5, 0.6) is 5.75 Å². The number of phenols is 1. The summed E-state index contributed by atoms with van der Waals surface area (Å²) in [5.74, 6) is 0.972. The molecule has 27 heavy (non-hydrogen) atoms. The van der Waals surface area contributed by atoms with Gasteiger partial charge < -0.3 is 20.2 Å². The second-order valence-corrected chi connectivity index (χ2v) is 7.95. The van der Waals surface area contributed by atoms with E-state index in [-0.39, 0.29) is 23.5 Å². The molecule has 0 aliphatic carbocycles. The van der Waals surface area contributed by atoms with Gasteiger partial charge in [0.2, 0.25) is 0 Å². The summed E-state index contributed by atoms with van der Waals surface area (Å²) >= 11 is 0. The number of carbonyl (C=O) groups is 2. The lowest BCUT2D eigenvalue weighted by Gasteiger charge is -2.33. The number of piperidine rings is 2. The molecule has 2 aliphatic rings. The summed E-state index contributed by atoms with van der Waals surface area (Å²) in [6.45, 7) is 7.35. The van der Waals surface area contributed by atoms with Crippen LogP contribution >= 0.6 is 0 Å². The molecule has 1 aromatic carbocycles. The van der Waals surface area contributed by atoms with Gasteiger partial charge in [0.05, 0.1) is 0 Å². The van der Waals surface area contributed by atoms with E-state index in [0.717, 1.165) is 25.6 Å². The van der Waals surface area contributed by atoms with Gasteiger partial charge in [0.15, 0.2) is 5.78 Å². The normalized spacial score (nSPS) is 21.8. The summed E-state index contributed by atoms with van der Waals surface area (Å²) in [6, 6.07) is 6.39. The third-order valence-corrected chi connectivity index (χ3v) is 5.75. The van der Waals surface area contributed by atoms with Crippen LogP contribution in [-0.2, 0) is 0 Å². The van der Waals surface area contributed by atoms with Crippen LogP contribution in [0, 0.1) is 11.8 Å². The van der Waals surface area contributed by atoms with Crippen molar-refractivity contribution >= 4 is 11.8 Å². The number of rotatable bonds is 5. The van der Waals surface area contributed by atoms with E-state index in [1.165, 1.54) is 12.8 Å². The number of carbonyl (C=O) groups excluding carboxylic acids is 2. The summed E-state index contributed by atoms with van der Waals surface area (Å²) in [5.41, 5.74) is 0.631. The maximum Gasteiger partial charge on any atom is 0.317 e. The minimum atomic E-state index is -0.0477. The van der Waals surface area contributed by atoms with Crippen molar-refractivity contribution in [3.63, 3.8) is 0 Å². The zero-order valence-electron chi connectivity index (χ0n) is 16.2. The Balaban J connectivity index is 1.38. The predicted octanol–water partition coefficient (Wildman–Crippen LogP) is 2.73. The summed E-state index contributed by atoms with van der Waals surface area (Å²) in [7, 11) is 0. The van der Waals surface area contributed by atoms with Gasteiger partial charge in [0, 0.05) is 44.2 Å². The highest BCUT2D eigenvalue weighted by Gasteiger charge is 2.28. The Labute approximate surface area is 161 Å². The van der Waals surface area contributed by atoms with Crippen molar-refractivity contribution in [1.29, 1.82) is 0 Å². The van der Waals surface area contributed by atoms with Gasteiger partial charge in [-0.25, -0.2) is 4.79 Å². The molecule has 0 aromatic heterocycles. The second kappa shape index (κ2) is 9.22. The maximum atomic E-state index is 12.6. The molecular formula is C21H31N3O3. The highest BCUT2D eigenvalue weighted by atomic mass is 16.3. The smallest absolute Gasteiger partial charge is 0.317 e. The standard InChI is InChI=1S/C21H31N3O3/c1-16-3-2-11-23(15-16)14-10-22-21(27)24-12-8-18(9-13-24)20(26)17-4-6-19(25)7-5-17/h4-7,16,18,25H,2-3,8-15H2,1H3,(H,22,27). The van der Waals surface area contributed by atoms with Gasteiger partial charge in [0.25, 0.3) is 0 Å². The van der Waals surface area contributed by atoms with E-state index in [1.807, 2.05) is 4.90 Å². The number of likely N-dealkylation sites (tertiary alicyclic amines) is 2. The van der Waals surface area contributed by atoms with Gasteiger partial charge in [-0.1, -0.05) is 6.92 Å². The fourth-order valence-corrected chi connectivity index (χ4v) is 4.13. The third kappa shape index (κ3) is 5.45. The second-order valence-electron chi connectivity index (χ2n) is 7.95. The minimum Gasteiger partial charge on any atom is -0.508 e. The third-order valence-electron chi connectivity index (χ3n) is 5.75. The molecule has 1 aromatic rings. The topological polar surface area (TPSA) is 72.9 Å². The van der Waals surface area contributed by atoms with Crippen LogP contribution in [0.1, 0.15) is 43.0 Å². The lowest BCUT2D eigenvalue weighted by Crippen LogP contribution is -2.47. The molecule has 2 amide bonds. The number of aromatic hydroxyl groups is 1. The number of amides is 2. The molecule has 1 atom stereocenters. The SMILES string of the molecule is CC1CCCN(CCNC(=O)N2CCC(C(=O)c3ccc(O)cc3)CC2)C1. The number of Topliss-reactive ketones (excluding diaryl/α,β-unsaturated/α-hetero) is 1. The summed E-state index contributed by atoms with van der Waals surface area (Å²) < 4.78 is 0. The Bertz CT molecular complexity index is 639. The average molecular weight is 373 g/mol. The monoisotopic (exact) mass is 373 g/mol. The highest BCUT2D eigenvalue weighted by molar-refractivity contribution is 5.98. The summed E-state index contributed by atoms with van der Waals surface area (Å²) in [4.78, 5) is 29.2. The first-order valence-corrected chi connectivity index (χ1v) is 10.1. The first-order valence-electron chi connectivity index (χ1n) is 10.1. The average Bonchev–Trinajstić information content (AvgIpc) is 2.68. The molecular weight excluding hydrogens is 342 g/mol. The van der Waals surface area contributed by atoms with Crippen LogP contribution < -0.4 is 5.32 Å². The zero-order valence-corrected chi connectivity index (χ0v) is 16.2. The zero-order chi connectivity index (χ0) is 19.2. The van der Waals surface area contributed by atoms with E-state index in [0.29, 0.717) is 38.0 Å². The predicted molar refractivity (Wildman–Crippen MR) is 105 cm³/mol. The summed E-state index contributed by atoms with van der Waals surface area (Å²) in [6.07, 6.45) is 3.94. The largest absolute Gasteiger partial charge is 0.508 e. The Morgan fingerprint density at radius 1 is 1.11 bits per heavy atom. The molecule has 2 N–H and O–H groups in total. The molecule has 6 heteroatoms. The molecule has 2 heterocycles. The van der Waals surface area contributed by atoms with Crippen LogP contribution in [-0.4, -0.2) is 66.0 Å². The van der Waals surface area contributed by atoms with Crippen LogP contribution in [0.2, 0.25) is 0 Å². The van der Waals surface area contributed by atoms with Crippen molar-refractivity contribution in [2.75, 3.05) is 39.3 Å². The van der Waals surface area contributed by atoms with Crippen molar-refractivity contribution < 1.29 is 14.7 Å². The molecule has 6 nitrogen and oxygen atoms in total. The number of hydrogen-bond acceptors (Lipinski definition) is 4. The number of phenolic OH excluding ortho intramolecular Hbond substituents is 1. The van der Waals surface area contributed by atoms with Gasteiger partial charge in [0.1, 0.15) is 5.75 Å². The van der Waals surface area contributed by atoms with Gasteiger partial charge in [-0.3, -0.25) is 4.79 Å². The first-order chi connectivity index (χ1) is 13.0. The number of nitrogens with one attached hydrogen (secondary N) is 1. The number of ketones is 1. The molecule has 0 spiro atoms. The molecule has 2 aliphatic heterocycles. The quantitative estimate of drug-likeness (QED) is 0.779. The lowest BCUT2D eigenvalue weighted by molar-refractivity contribution is 0.0854. The molecule has 2 saturated heterocycles. The van der Waals surface area contributed by atoms with E-state index in [9.17, 15) is 14.7 Å². The van der Waals surface area contributed by atoms with Crippen LogP contribution in [0.15, 0.2) is 24.3 Å². The molecule has 1 unspecified atom stereocenters. The van der Waals surface area contributed by atoms with Crippen LogP contribution in [0.3, 0.4) is 0 Å². The maximum absolute atomic E-state index is 12.6. The molecule has 148 valence electrons. The van der Waals surface area contributed by atoms with E-state index < -0.39 is 0 Å². The summed E-state index contributed by atoms with van der Waals surface area (Å²) in [5, 5.41) is 12.4. The van der Waals surface area contributed by atoms with Gasteiger partial charge in [-0.2, -0.15) is 0 Å². The number of nitrogens with zero attached hydrogens (tertiary/aromatic N) is 2. The van der Waals surface area contributed by atoms with E-state index >= 15 is 0 Å². The van der Waals surface area contributed by atoms with Crippen molar-refractivity contribution in [1.82, 2.24) is 15.1 Å². The van der Waals surface area contributed by atoms with E-state index in [1.54, 1.807) is 24.3 Å². The number of hydrogen-bond donors (Lipinski definition) is 2. The number of benzene rings is 1. The van der Waals surface area contributed by atoms with Crippen molar-refractivity contribution in [2.45, 2.75) is 32.6 Å². The highest BCUT2D eigenvalue weighted by Crippen LogP contribution is 2.23. The Kier molecular flexibility index (Phi) is 6.72. The number of urea groups is 1. The lowest BCUT2D eigenvalue weighted by atomic mass is 9.89. The van der Waals surface area contributed by atoms with Crippen LogP contribution in [0.4, 0.5) is 4.79 Å². The Morgan fingerprint density at radius 2 is 1.81 bits per heavy atom. The molecule has 0 radical (unpaired) electrons.